The van der Waals surface area contributed by atoms with Crippen LogP contribution in [0.15, 0.2) is 52.3 Å². The van der Waals surface area contributed by atoms with E-state index in [9.17, 15) is 21.6 Å². The van der Waals surface area contributed by atoms with Gasteiger partial charge in [0.05, 0.1) is 28.2 Å². The second-order valence-corrected chi connectivity index (χ2v) is 12.6. The van der Waals surface area contributed by atoms with Crippen molar-refractivity contribution < 1.29 is 31.1 Å². The van der Waals surface area contributed by atoms with Crippen molar-refractivity contribution >= 4 is 31.6 Å². The SMILES string of the molecule is CCOc1ccc(S(=O)(=O)NCCC(=O)Nc2cc(S(=O)(=O)N3CCCCC3)ccc2OC(C)C)cc1. The number of amides is 1. The summed E-state index contributed by atoms with van der Waals surface area (Å²) in [6, 6.07) is 10.4. The lowest BCUT2D eigenvalue weighted by Gasteiger charge is -2.26. The van der Waals surface area contributed by atoms with Crippen LogP contribution in [0.1, 0.15) is 46.5 Å². The van der Waals surface area contributed by atoms with Crippen molar-refractivity contribution in [3.8, 4) is 11.5 Å². The molecule has 2 aromatic carbocycles. The maximum absolute atomic E-state index is 13.1. The van der Waals surface area contributed by atoms with Crippen molar-refractivity contribution in [2.75, 3.05) is 31.6 Å². The van der Waals surface area contributed by atoms with Crippen LogP contribution < -0.4 is 19.5 Å². The summed E-state index contributed by atoms with van der Waals surface area (Å²) < 4.78 is 66.3. The number of piperidine rings is 1. The van der Waals surface area contributed by atoms with E-state index >= 15 is 0 Å². The molecule has 0 saturated carbocycles. The Labute approximate surface area is 219 Å². The largest absolute Gasteiger partial charge is 0.494 e. The fraction of sp³-hybridized carbons (Fsp3) is 0.480. The molecule has 10 nitrogen and oxygen atoms in total. The number of benzene rings is 2. The smallest absolute Gasteiger partial charge is 0.243 e. The van der Waals surface area contributed by atoms with Crippen LogP contribution in [0, 0.1) is 0 Å². The number of nitrogens with one attached hydrogen (secondary N) is 2. The minimum atomic E-state index is -3.82. The van der Waals surface area contributed by atoms with Crippen molar-refractivity contribution in [2.24, 2.45) is 0 Å². The molecule has 12 heteroatoms. The standard InChI is InChI=1S/C25H35N3O7S2/c1-4-34-20-8-10-21(11-9-20)36(30,31)26-15-14-25(29)27-23-18-22(12-13-24(23)35-19(2)3)37(32,33)28-16-6-5-7-17-28/h8-13,18-19,26H,4-7,14-17H2,1-3H3,(H,27,29). The predicted octanol–water partition coefficient (Wildman–Crippen LogP) is 3.35. The number of carbonyl (C=O) groups is 1. The van der Waals surface area contributed by atoms with Crippen molar-refractivity contribution in [3.05, 3.63) is 42.5 Å². The maximum atomic E-state index is 13.1. The fourth-order valence-electron chi connectivity index (χ4n) is 3.85. The Kier molecular flexibility index (Phi) is 9.93. The van der Waals surface area contributed by atoms with Gasteiger partial charge in [-0.2, -0.15) is 4.31 Å². The van der Waals surface area contributed by atoms with Crippen molar-refractivity contribution in [3.63, 3.8) is 0 Å². The first kappa shape index (κ1) is 28.9. The molecule has 1 saturated heterocycles. The molecule has 1 heterocycles. The average Bonchev–Trinajstić information content (AvgIpc) is 2.85. The Bertz CT molecular complexity index is 1270. The Balaban J connectivity index is 1.68. The molecule has 1 aliphatic rings. The van der Waals surface area contributed by atoms with Gasteiger partial charge in [0, 0.05) is 26.1 Å². The zero-order chi connectivity index (χ0) is 27.1. The summed E-state index contributed by atoms with van der Waals surface area (Å²) in [4.78, 5) is 12.8. The first-order chi connectivity index (χ1) is 17.5. The molecule has 1 amide bonds. The van der Waals surface area contributed by atoms with Gasteiger partial charge in [0.1, 0.15) is 11.5 Å². The summed E-state index contributed by atoms with van der Waals surface area (Å²) in [5.41, 5.74) is 0.214. The third kappa shape index (κ3) is 7.91. The number of hydrogen-bond donors (Lipinski definition) is 2. The molecule has 0 aromatic heterocycles. The zero-order valence-electron chi connectivity index (χ0n) is 21.4. The molecule has 2 aromatic rings. The third-order valence-corrected chi connectivity index (χ3v) is 9.00. The van der Waals surface area contributed by atoms with Gasteiger partial charge >= 0.3 is 0 Å². The normalized spacial score (nSPS) is 14.9. The Morgan fingerprint density at radius 3 is 2.24 bits per heavy atom. The Morgan fingerprint density at radius 1 is 0.973 bits per heavy atom. The van der Waals surface area contributed by atoms with E-state index in [1.807, 2.05) is 20.8 Å². The highest BCUT2D eigenvalue weighted by atomic mass is 32.2. The number of sulfonamides is 2. The van der Waals surface area contributed by atoms with Crippen LogP contribution in [0.5, 0.6) is 11.5 Å². The lowest BCUT2D eigenvalue weighted by atomic mass is 10.2. The van der Waals surface area contributed by atoms with E-state index in [4.69, 9.17) is 9.47 Å². The van der Waals surface area contributed by atoms with E-state index < -0.39 is 26.0 Å². The minimum Gasteiger partial charge on any atom is -0.494 e. The number of carbonyl (C=O) groups excluding carboxylic acids is 1. The molecule has 2 N–H and O–H groups in total. The van der Waals surface area contributed by atoms with E-state index in [1.165, 1.54) is 34.6 Å². The highest BCUT2D eigenvalue weighted by Crippen LogP contribution is 2.31. The Morgan fingerprint density at radius 2 is 1.62 bits per heavy atom. The van der Waals surface area contributed by atoms with E-state index in [0.717, 1.165) is 19.3 Å². The number of nitrogens with zero attached hydrogens (tertiary/aromatic N) is 1. The first-order valence-electron chi connectivity index (χ1n) is 12.4. The van der Waals surface area contributed by atoms with Gasteiger partial charge in [-0.15, -0.1) is 0 Å². The topological polar surface area (TPSA) is 131 Å². The molecule has 0 aliphatic carbocycles. The zero-order valence-corrected chi connectivity index (χ0v) is 23.0. The van der Waals surface area contributed by atoms with Crippen LogP contribution in [-0.2, 0) is 24.8 Å². The summed E-state index contributed by atoms with van der Waals surface area (Å²) in [5.74, 6) is 0.399. The number of anilines is 1. The fourth-order valence-corrected chi connectivity index (χ4v) is 6.43. The van der Waals surface area contributed by atoms with Gasteiger partial charge in [-0.1, -0.05) is 6.42 Å². The molecule has 3 rings (SSSR count). The van der Waals surface area contributed by atoms with Gasteiger partial charge in [0.15, 0.2) is 0 Å². The second kappa shape index (κ2) is 12.7. The summed E-state index contributed by atoms with van der Waals surface area (Å²) in [6.45, 7) is 6.72. The molecule has 0 spiro atoms. The van der Waals surface area contributed by atoms with Crippen LogP contribution in [0.25, 0.3) is 0 Å². The van der Waals surface area contributed by atoms with Crippen LogP contribution in [0.4, 0.5) is 5.69 Å². The Hall–Kier alpha value is -2.67. The number of hydrogen-bond acceptors (Lipinski definition) is 7. The van der Waals surface area contributed by atoms with E-state index in [-0.39, 0.29) is 34.5 Å². The second-order valence-electron chi connectivity index (χ2n) is 8.89. The molecule has 1 aliphatic heterocycles. The summed E-state index contributed by atoms with van der Waals surface area (Å²) in [7, 11) is -7.53. The van der Waals surface area contributed by atoms with E-state index in [2.05, 4.69) is 10.0 Å². The molecule has 0 radical (unpaired) electrons. The summed E-state index contributed by atoms with van der Waals surface area (Å²) in [6.07, 6.45) is 2.24. The van der Waals surface area contributed by atoms with Gasteiger partial charge in [0.25, 0.3) is 0 Å². The van der Waals surface area contributed by atoms with Gasteiger partial charge in [0.2, 0.25) is 26.0 Å². The van der Waals surface area contributed by atoms with Gasteiger partial charge < -0.3 is 14.8 Å². The lowest BCUT2D eigenvalue weighted by Crippen LogP contribution is -2.35. The van der Waals surface area contributed by atoms with Gasteiger partial charge in [-0.25, -0.2) is 21.6 Å². The van der Waals surface area contributed by atoms with Crippen molar-refractivity contribution in [2.45, 2.75) is 62.3 Å². The van der Waals surface area contributed by atoms with Crippen LogP contribution >= 0.6 is 0 Å². The molecule has 0 atom stereocenters. The molecule has 0 unspecified atom stereocenters. The summed E-state index contributed by atoms with van der Waals surface area (Å²) >= 11 is 0. The molecule has 1 fully saturated rings. The van der Waals surface area contributed by atoms with Crippen molar-refractivity contribution in [1.82, 2.24) is 9.03 Å². The predicted molar refractivity (Wildman–Crippen MR) is 141 cm³/mol. The molecule has 204 valence electrons. The van der Waals surface area contributed by atoms with Crippen LogP contribution in [0.2, 0.25) is 0 Å². The molecular formula is C25H35N3O7S2. The average molecular weight is 554 g/mol. The maximum Gasteiger partial charge on any atom is 0.243 e. The lowest BCUT2D eigenvalue weighted by molar-refractivity contribution is -0.116. The van der Waals surface area contributed by atoms with Gasteiger partial charge in [-0.3, -0.25) is 4.79 Å². The number of ether oxygens (including phenoxy) is 2. The van der Waals surface area contributed by atoms with Crippen LogP contribution in [-0.4, -0.2) is 59.4 Å². The molecule has 0 bridgehead atoms. The highest BCUT2D eigenvalue weighted by molar-refractivity contribution is 7.89. The van der Waals surface area contributed by atoms with E-state index in [1.54, 1.807) is 12.1 Å². The van der Waals surface area contributed by atoms with Crippen LogP contribution in [0.3, 0.4) is 0 Å². The monoisotopic (exact) mass is 553 g/mol. The van der Waals surface area contributed by atoms with Crippen molar-refractivity contribution in [1.29, 1.82) is 0 Å². The number of rotatable bonds is 12. The first-order valence-corrected chi connectivity index (χ1v) is 15.3. The van der Waals surface area contributed by atoms with E-state index in [0.29, 0.717) is 31.2 Å². The van der Waals surface area contributed by atoms with Gasteiger partial charge in [-0.05, 0) is 76.1 Å². The third-order valence-electron chi connectivity index (χ3n) is 5.63. The minimum absolute atomic E-state index is 0.0552. The molecule has 37 heavy (non-hydrogen) atoms. The summed E-state index contributed by atoms with van der Waals surface area (Å²) in [5, 5.41) is 2.68. The highest BCUT2D eigenvalue weighted by Gasteiger charge is 2.27. The molecular weight excluding hydrogens is 518 g/mol. The quantitative estimate of drug-likeness (QED) is 0.412.